The number of carboxylic acid groups (broad SMARTS) is 1. The topological polar surface area (TPSA) is 40.5 Å². The first-order valence-corrected chi connectivity index (χ1v) is 3.36. The van der Waals surface area contributed by atoms with E-state index in [-0.39, 0.29) is 19.3 Å². The summed E-state index contributed by atoms with van der Waals surface area (Å²) in [4.78, 5) is 10.4. The Balaban J connectivity index is 2.04. The second-order valence-electron chi connectivity index (χ2n) is 3.57. The molecule has 0 aliphatic heterocycles. The molecule has 0 aromatic carbocycles. The maximum Gasteiger partial charge on any atom is 0.309 e. The number of nitrogens with zero attached hydrogens (tertiary/aromatic N) is 1. The third-order valence-corrected chi connectivity index (χ3v) is 2.81. The highest BCUT2D eigenvalue weighted by atomic mass is 19.4. The predicted octanol–water partition coefficient (Wildman–Crippen LogP) is 1.06. The number of rotatable bonds is 2. The minimum atomic E-state index is -1.07. The van der Waals surface area contributed by atoms with Crippen LogP contribution in [0.25, 0.3) is 0 Å². The molecule has 0 unspecified atom stereocenters. The monoisotopic (exact) mass is 163 g/mol. The van der Waals surface area contributed by atoms with Crippen LogP contribution in [0.2, 0.25) is 0 Å². The fourth-order valence-corrected chi connectivity index (χ4v) is 2.14. The minimum Gasteiger partial charge on any atom is -0.481 e. The largest absolute Gasteiger partial charge is 0.481 e. The van der Waals surface area contributed by atoms with Gasteiger partial charge in [-0.15, -0.1) is 8.96 Å². The van der Waals surface area contributed by atoms with E-state index in [0.717, 1.165) is 0 Å². The highest BCUT2D eigenvalue weighted by molar-refractivity contribution is 5.80. The molecule has 3 aliphatic rings. The second-order valence-corrected chi connectivity index (χ2v) is 3.57. The van der Waals surface area contributed by atoms with Gasteiger partial charge < -0.3 is 5.11 Å². The van der Waals surface area contributed by atoms with Gasteiger partial charge in [0.25, 0.3) is 0 Å². The van der Waals surface area contributed by atoms with E-state index >= 15 is 0 Å². The van der Waals surface area contributed by atoms with Crippen molar-refractivity contribution in [2.75, 3.05) is 0 Å². The van der Waals surface area contributed by atoms with Crippen molar-refractivity contribution < 1.29 is 18.9 Å². The van der Waals surface area contributed by atoms with Crippen LogP contribution in [0.1, 0.15) is 19.3 Å². The quantitative estimate of drug-likeness (QED) is 0.619. The number of carbonyl (C=O) groups is 1. The van der Waals surface area contributed by atoms with Gasteiger partial charge in [0.05, 0.1) is 11.0 Å². The Morgan fingerprint density at radius 2 is 1.82 bits per heavy atom. The summed E-state index contributed by atoms with van der Waals surface area (Å²) in [7, 11) is 0. The zero-order chi connectivity index (χ0) is 8.28. The van der Waals surface area contributed by atoms with Crippen molar-refractivity contribution in [3.63, 3.8) is 0 Å². The maximum atomic E-state index is 12.0. The number of halogens is 2. The highest BCUT2D eigenvalue weighted by Crippen LogP contribution is 2.70. The third kappa shape index (κ3) is 0.575. The minimum absolute atomic E-state index is 0.113. The summed E-state index contributed by atoms with van der Waals surface area (Å²) in [6.07, 6.45) is 0.340. The van der Waals surface area contributed by atoms with Crippen molar-refractivity contribution in [1.82, 2.24) is 5.34 Å². The molecule has 3 fully saturated rings. The molecule has 3 nitrogen and oxygen atoms in total. The van der Waals surface area contributed by atoms with Crippen molar-refractivity contribution in [1.29, 1.82) is 0 Å². The van der Waals surface area contributed by atoms with Crippen molar-refractivity contribution >= 4 is 5.97 Å². The number of hydrogen-bond donors (Lipinski definition) is 1. The summed E-state index contributed by atoms with van der Waals surface area (Å²) in [6.45, 7) is 0. The Kier molecular flexibility index (Phi) is 0.982. The third-order valence-electron chi connectivity index (χ3n) is 2.81. The van der Waals surface area contributed by atoms with Crippen molar-refractivity contribution in [2.24, 2.45) is 5.41 Å². The van der Waals surface area contributed by atoms with Crippen LogP contribution in [-0.4, -0.2) is 22.0 Å². The van der Waals surface area contributed by atoms with Crippen LogP contribution in [-0.2, 0) is 4.79 Å². The summed E-state index contributed by atoms with van der Waals surface area (Å²) in [5.41, 5.74) is -1.87. The van der Waals surface area contributed by atoms with Gasteiger partial charge in [0, 0.05) is 5.34 Å². The van der Waals surface area contributed by atoms with Gasteiger partial charge in [0.2, 0.25) is 0 Å². The lowest BCUT2D eigenvalue weighted by atomic mass is 9.39. The molecular formula is C6H7F2NO2. The molecule has 2 bridgehead atoms. The van der Waals surface area contributed by atoms with E-state index in [1.54, 1.807) is 0 Å². The number of carboxylic acids is 1. The van der Waals surface area contributed by atoms with Crippen LogP contribution in [0.15, 0.2) is 0 Å². The Hall–Kier alpha value is -0.710. The van der Waals surface area contributed by atoms with Crippen LogP contribution >= 0.6 is 0 Å². The summed E-state index contributed by atoms with van der Waals surface area (Å²) < 4.78 is 24.0. The molecule has 3 rings (SSSR count). The van der Waals surface area contributed by atoms with Crippen LogP contribution in [0.3, 0.4) is 0 Å². The zero-order valence-electron chi connectivity index (χ0n) is 5.68. The molecule has 11 heavy (non-hydrogen) atoms. The molecule has 0 heterocycles. The van der Waals surface area contributed by atoms with Crippen molar-refractivity contribution in [3.8, 4) is 0 Å². The van der Waals surface area contributed by atoms with E-state index in [1.807, 2.05) is 0 Å². The molecule has 62 valence electrons. The summed E-state index contributed by atoms with van der Waals surface area (Å²) in [5.74, 6) is -0.929. The Morgan fingerprint density at radius 1 is 1.36 bits per heavy atom. The molecule has 3 aliphatic carbocycles. The molecule has 0 spiro atoms. The fourth-order valence-electron chi connectivity index (χ4n) is 2.14. The summed E-state index contributed by atoms with van der Waals surface area (Å²) >= 11 is 0. The molecule has 0 saturated heterocycles. The van der Waals surface area contributed by atoms with Gasteiger partial charge in [0.1, 0.15) is 0 Å². The average Bonchev–Trinajstić information content (AvgIpc) is 1.51. The smallest absolute Gasteiger partial charge is 0.309 e. The van der Waals surface area contributed by atoms with Gasteiger partial charge in [0.15, 0.2) is 0 Å². The summed E-state index contributed by atoms with van der Waals surface area (Å²) in [5, 5.41) is 7.73. The molecule has 0 aromatic rings. The molecule has 0 aromatic heterocycles. The van der Waals surface area contributed by atoms with Gasteiger partial charge in [-0.2, -0.15) is 0 Å². The second kappa shape index (κ2) is 1.55. The van der Waals surface area contributed by atoms with Gasteiger partial charge in [-0.3, -0.25) is 4.79 Å². The van der Waals surface area contributed by atoms with Gasteiger partial charge in [-0.05, 0) is 19.3 Å². The van der Waals surface area contributed by atoms with Crippen LogP contribution in [0.5, 0.6) is 0 Å². The van der Waals surface area contributed by atoms with E-state index in [9.17, 15) is 13.8 Å². The first-order valence-electron chi connectivity index (χ1n) is 3.36. The molecule has 0 atom stereocenters. The molecule has 0 radical (unpaired) electrons. The normalized spacial score (nSPS) is 46.5. The molecular weight excluding hydrogens is 156 g/mol. The Labute approximate surface area is 61.5 Å². The Bertz CT molecular complexity index is 209. The van der Waals surface area contributed by atoms with E-state index < -0.39 is 22.3 Å². The van der Waals surface area contributed by atoms with Gasteiger partial charge in [-0.1, -0.05) is 0 Å². The van der Waals surface area contributed by atoms with Gasteiger partial charge >= 0.3 is 5.97 Å². The first-order chi connectivity index (χ1) is 5.01. The summed E-state index contributed by atoms with van der Waals surface area (Å²) in [6, 6.07) is 0. The molecule has 0 amide bonds. The van der Waals surface area contributed by atoms with Gasteiger partial charge in [-0.25, -0.2) is 0 Å². The van der Waals surface area contributed by atoms with E-state index in [1.165, 1.54) is 0 Å². The van der Waals surface area contributed by atoms with Crippen molar-refractivity contribution in [3.05, 3.63) is 0 Å². The molecule has 1 N–H and O–H groups in total. The first kappa shape index (κ1) is 6.97. The predicted molar refractivity (Wildman–Crippen MR) is 30.7 cm³/mol. The fraction of sp³-hybridized carbons (Fsp3) is 0.833. The molecule has 3 saturated carbocycles. The highest BCUT2D eigenvalue weighted by Gasteiger charge is 2.76. The number of hydrogen-bond acceptors (Lipinski definition) is 2. The lowest BCUT2D eigenvalue weighted by Gasteiger charge is -2.66. The zero-order valence-corrected chi connectivity index (χ0v) is 5.68. The van der Waals surface area contributed by atoms with Crippen LogP contribution < -0.4 is 0 Å². The lowest BCUT2D eigenvalue weighted by Crippen LogP contribution is -2.74. The SMILES string of the molecule is O=C(O)C12CC(N(F)F)(C1)C2. The van der Waals surface area contributed by atoms with E-state index in [4.69, 9.17) is 5.11 Å². The van der Waals surface area contributed by atoms with Crippen molar-refractivity contribution in [2.45, 2.75) is 24.8 Å². The van der Waals surface area contributed by atoms with E-state index in [2.05, 4.69) is 0 Å². The maximum absolute atomic E-state index is 12.0. The standard InChI is InChI=1S/C6H7F2NO2/c7-9(8)6-1-5(2-6,3-6)4(10)11/h1-3H2,(H,10,11). The lowest BCUT2D eigenvalue weighted by molar-refractivity contribution is -0.345. The van der Waals surface area contributed by atoms with Crippen LogP contribution in [0.4, 0.5) is 8.96 Å². The molecule has 5 heteroatoms. The van der Waals surface area contributed by atoms with Crippen LogP contribution in [0, 0.1) is 5.41 Å². The average molecular weight is 163 g/mol. The van der Waals surface area contributed by atoms with E-state index in [0.29, 0.717) is 0 Å². The Morgan fingerprint density at radius 3 is 2.09 bits per heavy atom. The number of aliphatic carboxylic acids is 1.